The SMILES string of the molecule is c1ccc(-c2ccc(-c3nc(-c4cccc(-c5cccc6oc7ccccc7c56)c4)nc4c3ccc3ccccc34)cc2)cc1.c1ccc(-c2ccc(-c3nc4c(ccc5ccccc54)nc3-c3ccc(-c4cccc5oc6ccccc6c45)cc3)cc2)cc1.c1ccc2cc(-c3ccc(-c4nc5ccc6ccccc6c5nc4-c4cccc5oc6ccccc6c45)cc3)ccc2c1. The molecule has 0 unspecified atom stereocenters. The van der Waals surface area contributed by atoms with Gasteiger partial charge in [-0.2, -0.15) is 0 Å². The van der Waals surface area contributed by atoms with Crippen molar-refractivity contribution in [2.45, 2.75) is 0 Å². The number of rotatable bonds is 11. The molecule has 0 radical (unpaired) electrons. The van der Waals surface area contributed by atoms with E-state index in [1.807, 2.05) is 72.8 Å². The minimum Gasteiger partial charge on any atom is -0.456 e. The topological polar surface area (TPSA) is 117 Å². The lowest BCUT2D eigenvalue weighted by atomic mass is 9.96. The molecule has 0 fully saturated rings. The van der Waals surface area contributed by atoms with Gasteiger partial charge in [0.2, 0.25) is 0 Å². The molecule has 0 atom stereocenters. The summed E-state index contributed by atoms with van der Waals surface area (Å²) >= 11 is 0. The van der Waals surface area contributed by atoms with E-state index in [2.05, 4.69) is 388 Å². The van der Waals surface area contributed by atoms with Gasteiger partial charge in [-0.3, -0.25) is 0 Å². The fourth-order valence-corrected chi connectivity index (χ4v) is 19.3. The van der Waals surface area contributed by atoms with Gasteiger partial charge in [0.1, 0.15) is 33.5 Å². The summed E-state index contributed by atoms with van der Waals surface area (Å²) in [6, 6.07) is 161. The van der Waals surface area contributed by atoms with E-state index in [1.54, 1.807) is 0 Å². The van der Waals surface area contributed by atoms with Gasteiger partial charge in [-0.25, -0.2) is 29.9 Å². The van der Waals surface area contributed by atoms with E-state index in [0.29, 0.717) is 5.82 Å². The molecule has 620 valence electrons. The van der Waals surface area contributed by atoms with Gasteiger partial charge in [0.05, 0.1) is 56.1 Å². The molecule has 0 bridgehead atoms. The molecule has 0 amide bonds. The number of hydrogen-bond donors (Lipinski definition) is 0. The molecule has 6 aromatic heterocycles. The Morgan fingerprint density at radius 2 is 0.466 bits per heavy atom. The molecule has 0 saturated carbocycles. The highest BCUT2D eigenvalue weighted by atomic mass is 16.3. The van der Waals surface area contributed by atoms with Crippen LogP contribution in [0.4, 0.5) is 0 Å². The van der Waals surface area contributed by atoms with Crippen LogP contribution >= 0.6 is 0 Å². The van der Waals surface area contributed by atoms with E-state index >= 15 is 0 Å². The molecule has 27 aromatic rings. The first-order valence-electron chi connectivity index (χ1n) is 44.8. The zero-order valence-corrected chi connectivity index (χ0v) is 71.8. The van der Waals surface area contributed by atoms with Gasteiger partial charge in [-0.1, -0.05) is 394 Å². The lowest BCUT2D eigenvalue weighted by molar-refractivity contribution is 0.668. The van der Waals surface area contributed by atoms with Crippen LogP contribution in [0.25, 0.3) is 265 Å². The Hall–Kier alpha value is -17.9. The third-order valence-electron chi connectivity index (χ3n) is 25.8. The van der Waals surface area contributed by atoms with Crippen molar-refractivity contribution in [2.75, 3.05) is 0 Å². The molecule has 0 spiro atoms. The monoisotopic (exact) mass is 1700 g/mol. The summed E-state index contributed by atoms with van der Waals surface area (Å²) in [7, 11) is 0. The molecule has 0 N–H and O–H groups in total. The Bertz CT molecular complexity index is 9250. The minimum absolute atomic E-state index is 0.701. The molecule has 0 aliphatic carbocycles. The maximum absolute atomic E-state index is 6.26. The third-order valence-corrected chi connectivity index (χ3v) is 25.8. The Morgan fingerprint density at radius 1 is 0.143 bits per heavy atom. The second kappa shape index (κ2) is 32.7. The number of nitrogens with zero attached hydrogens (tertiary/aromatic N) is 6. The van der Waals surface area contributed by atoms with E-state index in [9.17, 15) is 0 Å². The zero-order chi connectivity index (χ0) is 87.8. The van der Waals surface area contributed by atoms with E-state index in [-0.39, 0.29) is 0 Å². The summed E-state index contributed by atoms with van der Waals surface area (Å²) in [4.78, 5) is 31.8. The van der Waals surface area contributed by atoms with Crippen LogP contribution in [0.1, 0.15) is 0 Å². The van der Waals surface area contributed by atoms with Crippen LogP contribution in [-0.4, -0.2) is 29.9 Å². The van der Waals surface area contributed by atoms with Gasteiger partial charge in [0.25, 0.3) is 0 Å². The number of benzene rings is 21. The molecule has 0 aliphatic rings. The highest BCUT2D eigenvalue weighted by Gasteiger charge is 2.24. The van der Waals surface area contributed by atoms with Crippen molar-refractivity contribution in [3.63, 3.8) is 0 Å². The highest BCUT2D eigenvalue weighted by Crippen LogP contribution is 2.46. The van der Waals surface area contributed by atoms with Crippen molar-refractivity contribution in [3.8, 4) is 123 Å². The van der Waals surface area contributed by atoms with E-state index < -0.39 is 0 Å². The minimum atomic E-state index is 0.701. The molecule has 27 rings (SSSR count). The van der Waals surface area contributed by atoms with Gasteiger partial charge in [-0.05, 0) is 149 Å². The van der Waals surface area contributed by atoms with Gasteiger partial charge in [0, 0.05) is 87.2 Å². The molecular weight excluding hydrogens is 1620 g/mol. The second-order valence-electron chi connectivity index (χ2n) is 33.7. The number of fused-ring (bicyclic) bond motifs is 19. The van der Waals surface area contributed by atoms with E-state index in [0.717, 1.165) is 215 Å². The molecule has 6 heterocycles. The van der Waals surface area contributed by atoms with Crippen LogP contribution < -0.4 is 0 Å². The molecule has 0 saturated heterocycles. The maximum Gasteiger partial charge on any atom is 0.160 e. The number of para-hydroxylation sites is 3. The molecule has 0 aliphatic heterocycles. The van der Waals surface area contributed by atoms with Crippen molar-refractivity contribution in [1.29, 1.82) is 0 Å². The standard InChI is InChI=1S/2C42H26N2O.C40H24N2O/c1-2-10-27(11-3-1)28-20-22-30(23-21-28)40-36-25-24-29-12-4-5-15-34(29)41(36)44-42(43-40)32-14-8-13-31(26-32)33-17-9-19-38-39(33)35-16-6-7-18-37(35)45-38;1-2-9-27(10-3-1)28-17-21-32(22-18-28)41-40(43-36-26-25-29-11-4-5-12-34(29)42(36)44-41)31-23-19-30(20-24-31)33-14-8-16-38-39(33)35-13-6-7-15-37(35)45-38;1-2-10-29-24-30(21-18-25(29)8-1)26-16-19-28(20-17-26)38-40(42-39-31-11-4-3-9-27(31)22-23-34(39)41-38)33-13-7-15-36-37(33)32-12-5-6-14-35(32)43-36/h2*1-26H;1-24H. The summed E-state index contributed by atoms with van der Waals surface area (Å²) in [5, 5.41) is 16.9. The highest BCUT2D eigenvalue weighted by molar-refractivity contribution is 6.17. The summed E-state index contributed by atoms with van der Waals surface area (Å²) in [6.07, 6.45) is 0. The zero-order valence-electron chi connectivity index (χ0n) is 71.8. The fraction of sp³-hybridized carbons (Fsp3) is 0. The summed E-state index contributed by atoms with van der Waals surface area (Å²) < 4.78 is 18.6. The predicted octanol–water partition coefficient (Wildman–Crippen LogP) is 33.5. The summed E-state index contributed by atoms with van der Waals surface area (Å²) in [5.41, 5.74) is 31.9. The first kappa shape index (κ1) is 77.4. The first-order valence-corrected chi connectivity index (χ1v) is 44.8. The Morgan fingerprint density at radius 3 is 0.977 bits per heavy atom. The average molecular weight is 1700 g/mol. The van der Waals surface area contributed by atoms with Crippen LogP contribution in [0.15, 0.2) is 474 Å². The summed E-state index contributed by atoms with van der Waals surface area (Å²) in [6.45, 7) is 0. The van der Waals surface area contributed by atoms with Crippen LogP contribution in [0.5, 0.6) is 0 Å². The summed E-state index contributed by atoms with van der Waals surface area (Å²) in [5.74, 6) is 0.701. The third kappa shape index (κ3) is 14.1. The van der Waals surface area contributed by atoms with E-state index in [4.69, 9.17) is 43.2 Å². The van der Waals surface area contributed by atoms with Crippen molar-refractivity contribution < 1.29 is 13.3 Å². The molecule has 21 aromatic carbocycles. The molecular formula is C124H76N6O3. The van der Waals surface area contributed by atoms with Crippen molar-refractivity contribution in [2.24, 2.45) is 0 Å². The molecule has 133 heavy (non-hydrogen) atoms. The molecule has 9 nitrogen and oxygen atoms in total. The maximum atomic E-state index is 6.26. The Labute approximate surface area is 764 Å². The quantitative estimate of drug-likeness (QED) is 0.117. The number of furan rings is 3. The Kier molecular flexibility index (Phi) is 19.1. The number of hydrogen-bond acceptors (Lipinski definition) is 9. The number of aromatic nitrogens is 6. The smallest absolute Gasteiger partial charge is 0.160 e. The lowest BCUT2D eigenvalue weighted by Gasteiger charge is -2.13. The van der Waals surface area contributed by atoms with Gasteiger partial charge < -0.3 is 13.3 Å². The first-order chi connectivity index (χ1) is 65.9. The normalized spacial score (nSPS) is 11.6. The average Bonchev–Trinajstić information content (AvgIpc) is 1.53. The van der Waals surface area contributed by atoms with Crippen LogP contribution in [-0.2, 0) is 0 Å². The fourth-order valence-electron chi connectivity index (χ4n) is 19.3. The van der Waals surface area contributed by atoms with Gasteiger partial charge in [-0.15, -0.1) is 0 Å². The lowest BCUT2D eigenvalue weighted by Crippen LogP contribution is -1.97. The van der Waals surface area contributed by atoms with Crippen molar-refractivity contribution in [1.82, 2.24) is 29.9 Å². The largest absolute Gasteiger partial charge is 0.456 e. The van der Waals surface area contributed by atoms with Gasteiger partial charge >= 0.3 is 0 Å². The van der Waals surface area contributed by atoms with Crippen LogP contribution in [0, 0.1) is 0 Å². The molecule has 9 heteroatoms. The van der Waals surface area contributed by atoms with Crippen molar-refractivity contribution >= 4 is 142 Å². The van der Waals surface area contributed by atoms with Crippen LogP contribution in [0.2, 0.25) is 0 Å². The van der Waals surface area contributed by atoms with E-state index in [1.165, 1.54) is 44.2 Å². The van der Waals surface area contributed by atoms with Crippen molar-refractivity contribution in [3.05, 3.63) is 461 Å². The van der Waals surface area contributed by atoms with Gasteiger partial charge in [0.15, 0.2) is 5.82 Å². The predicted molar refractivity (Wildman–Crippen MR) is 550 cm³/mol. The Balaban J connectivity index is 0.000000107. The second-order valence-corrected chi connectivity index (χ2v) is 33.7. The van der Waals surface area contributed by atoms with Crippen LogP contribution in [0.3, 0.4) is 0 Å².